The van der Waals surface area contributed by atoms with Gasteiger partial charge in [-0.15, -0.1) is 0 Å². The summed E-state index contributed by atoms with van der Waals surface area (Å²) < 4.78 is 5.47. The maximum absolute atomic E-state index is 13.2. The fourth-order valence-corrected chi connectivity index (χ4v) is 3.53. The van der Waals surface area contributed by atoms with E-state index in [1.807, 2.05) is 31.2 Å². The van der Waals surface area contributed by atoms with Crippen molar-refractivity contribution in [3.8, 4) is 6.07 Å². The predicted octanol–water partition coefficient (Wildman–Crippen LogP) is 3.14. The molecule has 0 radical (unpaired) electrons. The molecule has 0 saturated heterocycles. The van der Waals surface area contributed by atoms with E-state index in [-0.39, 0.29) is 34.1 Å². The summed E-state index contributed by atoms with van der Waals surface area (Å²) in [5.74, 6) is -1.66. The number of ketones is 2. The number of fused-ring (bicyclic) bond motifs is 1. The van der Waals surface area contributed by atoms with Crippen molar-refractivity contribution >= 4 is 11.6 Å². The minimum atomic E-state index is -0.727. The molecule has 2 aliphatic rings. The lowest BCUT2D eigenvalue weighted by molar-refractivity contribution is 0.0897. The Morgan fingerprint density at radius 1 is 1.00 bits per heavy atom. The van der Waals surface area contributed by atoms with Gasteiger partial charge in [-0.25, -0.2) is 0 Å². The molecule has 26 heavy (non-hydrogen) atoms. The molecule has 1 unspecified atom stereocenters. The summed E-state index contributed by atoms with van der Waals surface area (Å²) in [6.45, 7) is 1.89. The molecular weight excluding hydrogens is 328 g/mol. The van der Waals surface area contributed by atoms with E-state index in [1.54, 1.807) is 24.3 Å². The second kappa shape index (κ2) is 5.71. The van der Waals surface area contributed by atoms with Crippen LogP contribution in [0.2, 0.25) is 0 Å². The van der Waals surface area contributed by atoms with Crippen LogP contribution in [0.5, 0.6) is 0 Å². The van der Waals surface area contributed by atoms with Crippen molar-refractivity contribution in [1.82, 2.24) is 0 Å². The summed E-state index contributed by atoms with van der Waals surface area (Å²) >= 11 is 0. The van der Waals surface area contributed by atoms with Crippen molar-refractivity contribution in [3.05, 3.63) is 93.6 Å². The Labute approximate surface area is 150 Å². The van der Waals surface area contributed by atoms with Crippen LogP contribution in [0, 0.1) is 18.3 Å². The highest BCUT2D eigenvalue weighted by molar-refractivity contribution is 6.27. The highest BCUT2D eigenvalue weighted by Crippen LogP contribution is 2.44. The maximum Gasteiger partial charge on any atom is 0.229 e. The fourth-order valence-electron chi connectivity index (χ4n) is 3.53. The lowest BCUT2D eigenvalue weighted by atomic mass is 9.74. The molecule has 0 aromatic heterocycles. The van der Waals surface area contributed by atoms with E-state index in [1.165, 1.54) is 0 Å². The Balaban J connectivity index is 2.01. The minimum absolute atomic E-state index is 0.0848. The molecule has 1 aliphatic carbocycles. The van der Waals surface area contributed by atoms with Crippen molar-refractivity contribution in [2.45, 2.75) is 12.8 Å². The average Bonchev–Trinajstić information content (AvgIpc) is 2.65. The number of rotatable bonds is 1. The zero-order chi connectivity index (χ0) is 18.4. The van der Waals surface area contributed by atoms with Crippen LogP contribution in [0.25, 0.3) is 0 Å². The molecule has 5 heteroatoms. The van der Waals surface area contributed by atoms with Gasteiger partial charge in [0.1, 0.15) is 11.6 Å². The molecule has 1 atom stereocenters. The van der Waals surface area contributed by atoms with E-state index in [9.17, 15) is 14.9 Å². The molecule has 0 saturated carbocycles. The van der Waals surface area contributed by atoms with Crippen LogP contribution in [0.4, 0.5) is 0 Å². The number of carbonyl (C=O) groups excluding carboxylic acids is 2. The molecule has 2 aromatic carbocycles. The van der Waals surface area contributed by atoms with Crippen LogP contribution in [0.1, 0.15) is 37.8 Å². The molecular formula is C21H14N2O3. The molecule has 2 N–H and O–H groups in total. The first kappa shape index (κ1) is 15.9. The Morgan fingerprint density at radius 2 is 1.62 bits per heavy atom. The zero-order valence-electron chi connectivity index (χ0n) is 13.9. The second-order valence-corrected chi connectivity index (χ2v) is 6.23. The normalized spacial score (nSPS) is 18.8. The van der Waals surface area contributed by atoms with Gasteiger partial charge in [0.25, 0.3) is 0 Å². The van der Waals surface area contributed by atoms with Crippen LogP contribution < -0.4 is 5.73 Å². The molecule has 2 aromatic rings. The van der Waals surface area contributed by atoms with Gasteiger partial charge in [0.05, 0.1) is 11.5 Å². The first-order valence-electron chi connectivity index (χ1n) is 8.10. The van der Waals surface area contributed by atoms with Gasteiger partial charge in [0.2, 0.25) is 11.7 Å². The Bertz CT molecular complexity index is 1090. The van der Waals surface area contributed by atoms with Gasteiger partial charge in [-0.3, -0.25) is 9.59 Å². The standard InChI is InChI=1S/C21H14N2O3/c1-11-6-2-3-7-12(11)16-15(10-22)21(23)26-20-17(16)18(24)13-8-4-5-9-14(13)19(20)25/h2-9,16H,23H2,1H3. The van der Waals surface area contributed by atoms with Crippen molar-refractivity contribution in [2.24, 2.45) is 5.73 Å². The quantitative estimate of drug-likeness (QED) is 0.859. The minimum Gasteiger partial charge on any atom is -0.436 e. The van der Waals surface area contributed by atoms with Crippen LogP contribution in [-0.4, -0.2) is 11.6 Å². The van der Waals surface area contributed by atoms with Crippen LogP contribution in [-0.2, 0) is 4.74 Å². The van der Waals surface area contributed by atoms with Crippen molar-refractivity contribution in [1.29, 1.82) is 5.26 Å². The van der Waals surface area contributed by atoms with Crippen LogP contribution >= 0.6 is 0 Å². The second-order valence-electron chi connectivity index (χ2n) is 6.23. The third kappa shape index (κ3) is 2.09. The molecule has 1 heterocycles. The number of Topliss-reactive ketones (excluding diaryl/α,β-unsaturated/α-hetero) is 2. The molecule has 0 bridgehead atoms. The number of aryl methyl sites for hydroxylation is 1. The van der Waals surface area contributed by atoms with Crippen LogP contribution in [0.15, 0.2) is 71.3 Å². The summed E-state index contributed by atoms with van der Waals surface area (Å²) in [5.41, 5.74) is 8.50. The molecule has 0 spiro atoms. The number of ether oxygens (including phenoxy) is 1. The molecule has 5 nitrogen and oxygen atoms in total. The van der Waals surface area contributed by atoms with E-state index in [0.29, 0.717) is 5.56 Å². The van der Waals surface area contributed by atoms with Gasteiger partial charge < -0.3 is 10.5 Å². The van der Waals surface area contributed by atoms with E-state index >= 15 is 0 Å². The number of benzene rings is 2. The van der Waals surface area contributed by atoms with Crippen molar-refractivity contribution < 1.29 is 14.3 Å². The number of hydrogen-bond donors (Lipinski definition) is 1. The van der Waals surface area contributed by atoms with Gasteiger partial charge in [0, 0.05) is 11.1 Å². The smallest absolute Gasteiger partial charge is 0.229 e. The van der Waals surface area contributed by atoms with Crippen molar-refractivity contribution in [2.75, 3.05) is 0 Å². The molecule has 1 aliphatic heterocycles. The fraction of sp³-hybridized carbons (Fsp3) is 0.0952. The Kier molecular flexibility index (Phi) is 3.48. The van der Waals surface area contributed by atoms with Gasteiger partial charge in [0.15, 0.2) is 11.5 Å². The number of nitrogens with two attached hydrogens (primary N) is 1. The number of hydrogen-bond acceptors (Lipinski definition) is 5. The van der Waals surface area contributed by atoms with Gasteiger partial charge in [-0.2, -0.15) is 5.26 Å². The summed E-state index contributed by atoms with van der Waals surface area (Å²) in [5, 5.41) is 9.64. The Morgan fingerprint density at radius 3 is 2.27 bits per heavy atom. The topological polar surface area (TPSA) is 93.2 Å². The molecule has 0 fully saturated rings. The van der Waals surface area contributed by atoms with Gasteiger partial charge >= 0.3 is 0 Å². The average molecular weight is 342 g/mol. The lowest BCUT2D eigenvalue weighted by Crippen LogP contribution is -2.32. The third-order valence-corrected chi connectivity index (χ3v) is 4.79. The van der Waals surface area contributed by atoms with Crippen molar-refractivity contribution in [3.63, 3.8) is 0 Å². The first-order valence-corrected chi connectivity index (χ1v) is 8.10. The highest BCUT2D eigenvalue weighted by atomic mass is 16.5. The number of allylic oxidation sites excluding steroid dienone is 3. The Hall–Kier alpha value is -3.65. The third-order valence-electron chi connectivity index (χ3n) is 4.79. The number of carbonyl (C=O) groups is 2. The summed E-state index contributed by atoms with van der Waals surface area (Å²) in [4.78, 5) is 26.1. The summed E-state index contributed by atoms with van der Waals surface area (Å²) in [6.07, 6.45) is 0. The number of nitriles is 1. The van der Waals surface area contributed by atoms with Gasteiger partial charge in [-0.05, 0) is 18.1 Å². The summed E-state index contributed by atoms with van der Waals surface area (Å²) in [7, 11) is 0. The largest absolute Gasteiger partial charge is 0.436 e. The van der Waals surface area contributed by atoms with Crippen LogP contribution in [0.3, 0.4) is 0 Å². The zero-order valence-corrected chi connectivity index (χ0v) is 13.9. The molecule has 0 amide bonds. The SMILES string of the molecule is Cc1ccccc1C1C(C#N)=C(N)OC2=C1C(=O)c1ccccc1C2=O. The van der Waals surface area contributed by atoms with E-state index in [2.05, 4.69) is 6.07 Å². The molecule has 126 valence electrons. The van der Waals surface area contributed by atoms with E-state index < -0.39 is 11.7 Å². The van der Waals surface area contributed by atoms with Gasteiger partial charge in [-0.1, -0.05) is 48.5 Å². The van der Waals surface area contributed by atoms with E-state index in [4.69, 9.17) is 10.5 Å². The van der Waals surface area contributed by atoms with E-state index in [0.717, 1.165) is 11.1 Å². The summed E-state index contributed by atoms with van der Waals surface area (Å²) in [6, 6.07) is 16.1. The first-order chi connectivity index (χ1) is 12.5. The predicted molar refractivity (Wildman–Crippen MR) is 94.0 cm³/mol. The monoisotopic (exact) mass is 342 g/mol. The molecule has 4 rings (SSSR count). The highest BCUT2D eigenvalue weighted by Gasteiger charge is 2.43. The maximum atomic E-state index is 13.2. The number of nitrogens with zero attached hydrogens (tertiary/aromatic N) is 1. The lowest BCUT2D eigenvalue weighted by Gasteiger charge is -2.31.